The van der Waals surface area contributed by atoms with Crippen LogP contribution < -0.4 is 16.0 Å². The summed E-state index contributed by atoms with van der Waals surface area (Å²) in [6, 6.07) is 0. The Morgan fingerprint density at radius 2 is 0.576 bits per heavy atom. The molecular formula is C57H75I8N9O25. The molecule has 0 spiro atoms. The van der Waals surface area contributed by atoms with Crippen LogP contribution in [-0.2, 0) is 14.4 Å². The molecule has 42 heteroatoms. The molecular weight excluding hydrogens is 2230 g/mol. The Balaban J connectivity index is 2.40. The molecule has 34 nitrogen and oxygen atoms in total. The molecule has 10 atom stereocenters. The highest BCUT2D eigenvalue weighted by molar-refractivity contribution is 14.1. The largest absolute Gasteiger partial charge is 0.394 e. The summed E-state index contributed by atoms with van der Waals surface area (Å²) in [6.45, 7) is -7.52. The number of hydrogen-bond donors (Lipinski definition) is 19. The minimum atomic E-state index is -2.28. The second-order valence-electron chi connectivity index (χ2n) is 22.3. The maximum atomic E-state index is 15.7. The number of carbonyl (C=O) groups excluding carboxylic acids is 9. The first-order chi connectivity index (χ1) is 46.1. The number of amides is 9. The van der Waals surface area contributed by atoms with Crippen molar-refractivity contribution in [2.24, 2.45) is 0 Å². The number of rotatable bonds is 35. The van der Waals surface area contributed by atoms with Crippen LogP contribution in [0.15, 0.2) is 0 Å². The van der Waals surface area contributed by atoms with Crippen LogP contribution in [0.4, 0.5) is 17.1 Å². The molecule has 3 aromatic rings. The van der Waals surface area contributed by atoms with Gasteiger partial charge < -0.3 is 127 Å². The number of nitrogens with one attached hydrogen (secondary N) is 3. The lowest BCUT2D eigenvalue weighted by Crippen LogP contribution is -2.45. The van der Waals surface area contributed by atoms with E-state index < -0.39 is 193 Å². The summed E-state index contributed by atoms with van der Waals surface area (Å²) in [6.07, 6.45) is -19.0. The third-order valence-corrected chi connectivity index (χ3v) is 23.3. The summed E-state index contributed by atoms with van der Waals surface area (Å²) < 4.78 is -0.223. The SMILES string of the molecule is Cc1c(NC(=O)C(O)C(O)CO)c(I)c(C(=O)N(C)CC(O)CO)c(I)c1C(=O)N(CCCN(C)C(=O)c1c(I)c(NC(=O)C(O)C(O)CO)c(I)c(C(=O)N(C)CC(O)CO)c1I)CC(O)CN(C)C(=O)c1c(I)c(NC(=O)C(O)C(O)CO)c(I)c(C(=O)N(C)CC(O)CO)c1I. The van der Waals surface area contributed by atoms with Gasteiger partial charge in [-0.1, -0.05) is 0 Å². The van der Waals surface area contributed by atoms with Crippen molar-refractivity contribution in [1.82, 2.24) is 29.4 Å². The van der Waals surface area contributed by atoms with Crippen molar-refractivity contribution in [2.45, 2.75) is 74.4 Å². The Morgan fingerprint density at radius 1 is 0.323 bits per heavy atom. The zero-order valence-corrected chi connectivity index (χ0v) is 70.5. The number of benzene rings is 3. The second kappa shape index (κ2) is 41.8. The van der Waals surface area contributed by atoms with Gasteiger partial charge in [0.15, 0.2) is 18.3 Å². The predicted octanol–water partition coefficient (Wildman–Crippen LogP) is -3.20. The number of anilines is 3. The van der Waals surface area contributed by atoms with Crippen molar-refractivity contribution in [1.29, 1.82) is 0 Å². The van der Waals surface area contributed by atoms with Gasteiger partial charge in [-0.2, -0.15) is 0 Å². The Kier molecular flexibility index (Phi) is 38.6. The summed E-state index contributed by atoms with van der Waals surface area (Å²) in [5.74, 6) is -9.14. The number of aliphatic hydroxyl groups is 16. The summed E-state index contributed by atoms with van der Waals surface area (Å²) in [7, 11) is 6.36. The van der Waals surface area contributed by atoms with E-state index in [0.29, 0.717) is 0 Å². The van der Waals surface area contributed by atoms with Crippen LogP contribution in [0.25, 0.3) is 0 Å². The fourth-order valence-electron chi connectivity index (χ4n) is 9.18. The number of carbonyl (C=O) groups is 9. The first kappa shape index (κ1) is 91.3. The summed E-state index contributed by atoms with van der Waals surface area (Å²) in [4.78, 5) is 135. The zero-order chi connectivity index (χ0) is 75.8. The molecule has 3 aromatic carbocycles. The van der Waals surface area contributed by atoms with Crippen molar-refractivity contribution in [3.63, 3.8) is 0 Å². The van der Waals surface area contributed by atoms with E-state index in [1.54, 1.807) is 181 Å². The maximum absolute atomic E-state index is 15.7. The van der Waals surface area contributed by atoms with Crippen molar-refractivity contribution in [3.8, 4) is 0 Å². The van der Waals surface area contributed by atoms with E-state index in [4.69, 9.17) is 0 Å². The Labute approximate surface area is 675 Å². The van der Waals surface area contributed by atoms with Crippen molar-refractivity contribution in [2.75, 3.05) is 137 Å². The van der Waals surface area contributed by atoms with E-state index in [1.807, 2.05) is 0 Å². The highest BCUT2D eigenvalue weighted by Crippen LogP contribution is 2.40. The van der Waals surface area contributed by atoms with Crippen LogP contribution in [-0.4, -0.2) is 346 Å². The topological polar surface area (TPSA) is 533 Å². The van der Waals surface area contributed by atoms with Crippen LogP contribution in [0.1, 0.15) is 74.1 Å². The fraction of sp³-hybridized carbons (Fsp3) is 0.526. The van der Waals surface area contributed by atoms with Crippen molar-refractivity contribution >= 4 is 251 Å². The molecule has 9 amide bonds. The molecule has 99 heavy (non-hydrogen) atoms. The van der Waals surface area contributed by atoms with Crippen LogP contribution in [0.2, 0.25) is 0 Å². The van der Waals surface area contributed by atoms with Crippen LogP contribution in [0.3, 0.4) is 0 Å². The molecule has 0 aliphatic heterocycles. The summed E-state index contributed by atoms with van der Waals surface area (Å²) >= 11 is 13.6. The van der Waals surface area contributed by atoms with Gasteiger partial charge in [-0.15, -0.1) is 0 Å². The summed E-state index contributed by atoms with van der Waals surface area (Å²) in [5.41, 5.74) is -2.34. The highest BCUT2D eigenvalue weighted by Gasteiger charge is 2.39. The molecule has 0 aromatic heterocycles. The maximum Gasteiger partial charge on any atom is 0.256 e. The Morgan fingerprint density at radius 3 is 0.859 bits per heavy atom. The molecule has 3 rings (SSSR count). The highest BCUT2D eigenvalue weighted by atomic mass is 127. The van der Waals surface area contributed by atoms with Gasteiger partial charge in [-0.25, -0.2) is 0 Å². The molecule has 0 fully saturated rings. The lowest BCUT2D eigenvalue weighted by atomic mass is 9.99. The monoisotopic (exact) mass is 2300 g/mol. The van der Waals surface area contributed by atoms with Crippen LogP contribution >= 0.6 is 181 Å². The summed E-state index contributed by atoms with van der Waals surface area (Å²) in [5, 5.41) is 170. The normalized spacial score (nSPS) is 14.5. The first-order valence-electron chi connectivity index (χ1n) is 29.0. The van der Waals surface area contributed by atoms with E-state index in [0.717, 1.165) is 29.4 Å². The fourth-order valence-corrected chi connectivity index (χ4v) is 20.6. The molecule has 0 aliphatic carbocycles. The van der Waals surface area contributed by atoms with Crippen LogP contribution in [0, 0.1) is 35.5 Å². The van der Waals surface area contributed by atoms with Crippen LogP contribution in [0.5, 0.6) is 0 Å². The number of halogens is 8. The molecule has 0 heterocycles. The molecule has 0 radical (unpaired) electrons. The average Bonchev–Trinajstić information content (AvgIpc) is 0.774. The predicted molar refractivity (Wildman–Crippen MR) is 420 cm³/mol. The van der Waals surface area contributed by atoms with Gasteiger partial charge in [-0.3, -0.25) is 43.2 Å². The van der Waals surface area contributed by atoms with Gasteiger partial charge in [0.1, 0.15) is 18.3 Å². The van der Waals surface area contributed by atoms with E-state index >= 15 is 4.79 Å². The van der Waals surface area contributed by atoms with E-state index in [9.17, 15) is 120 Å². The molecule has 19 N–H and O–H groups in total. The first-order valence-corrected chi connectivity index (χ1v) is 37.6. The third kappa shape index (κ3) is 23.1. The molecule has 554 valence electrons. The van der Waals surface area contributed by atoms with Crippen molar-refractivity contribution < 1.29 is 125 Å². The Hall–Kier alpha value is -1.91. The molecule has 0 aliphatic rings. The molecule has 0 bridgehead atoms. The Bertz CT molecular complexity index is 3480. The quantitative estimate of drug-likeness (QED) is 0.0258. The molecule has 10 unspecified atom stereocenters. The van der Waals surface area contributed by atoms with E-state index in [1.165, 1.54) is 42.2 Å². The van der Waals surface area contributed by atoms with Gasteiger partial charge >= 0.3 is 0 Å². The average molecular weight is 2300 g/mol. The van der Waals surface area contributed by atoms with Gasteiger partial charge in [-0.05, 0) is 200 Å². The number of hydrogen-bond acceptors (Lipinski definition) is 25. The van der Waals surface area contributed by atoms with E-state index in [2.05, 4.69) is 16.0 Å². The zero-order valence-electron chi connectivity index (χ0n) is 53.2. The minimum absolute atomic E-state index is 0.00212. The number of aliphatic hydroxyl groups excluding tert-OH is 16. The third-order valence-electron chi connectivity index (χ3n) is 14.7. The van der Waals surface area contributed by atoms with E-state index in [-0.39, 0.29) is 97.5 Å². The van der Waals surface area contributed by atoms with Gasteiger partial charge in [0, 0.05) is 91.8 Å². The smallest absolute Gasteiger partial charge is 0.256 e. The molecule has 0 saturated heterocycles. The van der Waals surface area contributed by atoms with Gasteiger partial charge in [0.25, 0.3) is 53.2 Å². The standard InChI is InChI=1S/C57H75I8N9O25/c1-21-29(35(58)30(53(95)71(4)11-23(82)15-75)38(61)43(21)66-49(91)46(88)26(85)18-78)57(99)74(9-7-8-69(2)52(94)31-36(59)32(55(97)72(5)12-24(83)16-76)40(63)44(39(31)62)67-50(92)47(89)27(86)19-79)14-22(81)10-70(3)54(96)33-37(60)34(56(98)73(6)13-25(84)17-77)42(65)45(41(33)64)68-51(93)48(90)28(87)20-80/h22-28,46-48,75-90H,7-20H2,1-6H3,(H,66,91)(H,67,92)(H,68,93). The van der Waals surface area contributed by atoms with Crippen molar-refractivity contribution in [3.05, 3.63) is 67.5 Å². The lowest BCUT2D eigenvalue weighted by Gasteiger charge is -2.31. The van der Waals surface area contributed by atoms with Gasteiger partial charge in [0.2, 0.25) is 0 Å². The number of likely N-dealkylation sites (N-methyl/N-ethyl adjacent to an activating group) is 4. The second-order valence-corrected chi connectivity index (χ2v) is 30.9. The molecule has 0 saturated carbocycles. The lowest BCUT2D eigenvalue weighted by molar-refractivity contribution is -0.131. The minimum Gasteiger partial charge on any atom is -0.394 e. The number of nitrogens with zero attached hydrogens (tertiary/aromatic N) is 6. The van der Waals surface area contributed by atoms with Gasteiger partial charge in [0.05, 0.1) is 132 Å².